The van der Waals surface area contributed by atoms with Crippen molar-refractivity contribution < 1.29 is 14.3 Å². The zero-order valence-electron chi connectivity index (χ0n) is 15.1. The van der Waals surface area contributed by atoms with Crippen molar-refractivity contribution in [3.8, 4) is 5.75 Å². The van der Waals surface area contributed by atoms with Crippen LogP contribution in [0.5, 0.6) is 5.75 Å². The summed E-state index contributed by atoms with van der Waals surface area (Å²) in [5.41, 5.74) is 6.82. The molecule has 1 saturated carbocycles. The number of methoxy groups -OCH3 is 1. The highest BCUT2D eigenvalue weighted by molar-refractivity contribution is 5.90. The van der Waals surface area contributed by atoms with E-state index in [1.54, 1.807) is 7.11 Å². The molecule has 1 aliphatic carbocycles. The van der Waals surface area contributed by atoms with Gasteiger partial charge < -0.3 is 20.7 Å². The molecule has 2 fully saturated rings. The Labute approximate surface area is 160 Å². The van der Waals surface area contributed by atoms with Crippen LogP contribution in [0.25, 0.3) is 0 Å². The lowest BCUT2D eigenvalue weighted by molar-refractivity contribution is -0.134. The summed E-state index contributed by atoms with van der Waals surface area (Å²) in [5.74, 6) is 1.03. The number of halogens is 1. The molecule has 0 spiro atoms. The zero-order valence-corrected chi connectivity index (χ0v) is 16.0. The monoisotopic (exact) mass is 381 g/mol. The molecular weight excluding hydrogens is 354 g/mol. The van der Waals surface area contributed by atoms with E-state index in [9.17, 15) is 9.59 Å². The first-order chi connectivity index (χ1) is 12.1. The number of nitrogens with two attached hydrogens (primary N) is 1. The summed E-state index contributed by atoms with van der Waals surface area (Å²) in [7, 11) is 1.63. The molecule has 3 N–H and O–H groups in total. The maximum absolute atomic E-state index is 12.6. The predicted molar refractivity (Wildman–Crippen MR) is 102 cm³/mol. The van der Waals surface area contributed by atoms with E-state index in [0.29, 0.717) is 26.1 Å². The van der Waals surface area contributed by atoms with Gasteiger partial charge in [-0.25, -0.2) is 0 Å². The fourth-order valence-corrected chi connectivity index (χ4v) is 3.92. The summed E-state index contributed by atoms with van der Waals surface area (Å²) < 4.78 is 5.15. The van der Waals surface area contributed by atoms with Gasteiger partial charge in [-0.2, -0.15) is 0 Å². The molecule has 2 amide bonds. The third kappa shape index (κ3) is 4.48. The maximum Gasteiger partial charge on any atom is 0.245 e. The molecule has 1 unspecified atom stereocenters. The number of benzene rings is 1. The third-order valence-corrected chi connectivity index (χ3v) is 5.45. The van der Waals surface area contributed by atoms with Gasteiger partial charge in [-0.05, 0) is 49.4 Å². The number of nitrogens with zero attached hydrogens (tertiary/aromatic N) is 1. The Morgan fingerprint density at radius 1 is 1.27 bits per heavy atom. The van der Waals surface area contributed by atoms with Crippen molar-refractivity contribution in [3.05, 3.63) is 29.8 Å². The zero-order chi connectivity index (χ0) is 17.8. The molecule has 144 valence electrons. The summed E-state index contributed by atoms with van der Waals surface area (Å²) in [6.45, 7) is 1.77. The molecule has 1 aromatic rings. The Morgan fingerprint density at radius 3 is 2.65 bits per heavy atom. The van der Waals surface area contributed by atoms with Crippen molar-refractivity contribution in [3.63, 3.8) is 0 Å². The summed E-state index contributed by atoms with van der Waals surface area (Å²) in [6.07, 6.45) is 3.60. The minimum atomic E-state index is -0.398. The van der Waals surface area contributed by atoms with Crippen LogP contribution < -0.4 is 15.8 Å². The fourth-order valence-electron chi connectivity index (χ4n) is 3.92. The Balaban J connectivity index is 0.00000243. The minimum Gasteiger partial charge on any atom is -0.497 e. The molecule has 1 aliphatic heterocycles. The highest BCUT2D eigenvalue weighted by Crippen LogP contribution is 2.31. The molecule has 0 radical (unpaired) electrons. The van der Waals surface area contributed by atoms with Crippen molar-refractivity contribution in [1.82, 2.24) is 10.2 Å². The normalized spacial score (nSPS) is 25.1. The van der Waals surface area contributed by atoms with E-state index in [1.807, 2.05) is 29.2 Å². The van der Waals surface area contributed by atoms with E-state index in [-0.39, 0.29) is 36.1 Å². The molecule has 1 heterocycles. The number of hydrogen-bond acceptors (Lipinski definition) is 4. The van der Waals surface area contributed by atoms with E-state index in [2.05, 4.69) is 5.32 Å². The van der Waals surface area contributed by atoms with E-state index in [0.717, 1.165) is 30.6 Å². The Kier molecular flexibility index (Phi) is 7.29. The predicted octanol–water partition coefficient (Wildman–Crippen LogP) is 1.71. The molecule has 2 aliphatic rings. The van der Waals surface area contributed by atoms with Gasteiger partial charge in [0.15, 0.2) is 0 Å². The van der Waals surface area contributed by atoms with Crippen LogP contribution in [0.4, 0.5) is 0 Å². The minimum absolute atomic E-state index is 0. The lowest BCUT2D eigenvalue weighted by Gasteiger charge is -2.21. The molecule has 0 aromatic heterocycles. The molecule has 7 heteroatoms. The van der Waals surface area contributed by atoms with E-state index >= 15 is 0 Å². The van der Waals surface area contributed by atoms with Crippen molar-refractivity contribution in [1.29, 1.82) is 0 Å². The van der Waals surface area contributed by atoms with Crippen molar-refractivity contribution in [2.24, 2.45) is 17.6 Å². The van der Waals surface area contributed by atoms with Gasteiger partial charge in [-0.1, -0.05) is 18.6 Å². The molecule has 6 nitrogen and oxygen atoms in total. The number of hydrogen-bond donors (Lipinski definition) is 2. The number of ether oxygens (including phenoxy) is 1. The molecule has 3 rings (SSSR count). The largest absolute Gasteiger partial charge is 0.497 e. The third-order valence-electron chi connectivity index (χ3n) is 5.45. The van der Waals surface area contributed by atoms with Gasteiger partial charge in [0.2, 0.25) is 11.8 Å². The van der Waals surface area contributed by atoms with Gasteiger partial charge in [0.1, 0.15) is 11.8 Å². The average molecular weight is 382 g/mol. The van der Waals surface area contributed by atoms with Crippen LogP contribution in [0.2, 0.25) is 0 Å². The number of carbonyl (C=O) groups excluding carboxylic acids is 2. The Hall–Kier alpha value is -1.79. The Bertz CT molecular complexity index is 623. The molecule has 0 bridgehead atoms. The van der Waals surface area contributed by atoms with E-state index in [4.69, 9.17) is 10.5 Å². The van der Waals surface area contributed by atoms with Gasteiger partial charge in [0.25, 0.3) is 0 Å². The summed E-state index contributed by atoms with van der Waals surface area (Å²) in [5, 5.41) is 2.96. The molecular formula is C19H28ClN3O3. The number of rotatable bonds is 6. The fraction of sp³-hybridized carbons (Fsp3) is 0.579. The standard InChI is InChI=1S/C19H27N3O3.ClH/c1-25-15-7-5-13(6-8-15)12-22-10-9-17(19(22)24)21-18(23)16-4-2-3-14(16)11-20;/h5-8,14,16-17H,2-4,9-12,20H2,1H3,(H,21,23);1H/t14-,16-,17?;/m1./s1. The van der Waals surface area contributed by atoms with Crippen LogP contribution >= 0.6 is 12.4 Å². The highest BCUT2D eigenvalue weighted by Gasteiger charge is 2.37. The quantitative estimate of drug-likeness (QED) is 0.785. The SMILES string of the molecule is COc1ccc(CN2CCC(NC(=O)[C@@H]3CCC[C@@H]3CN)C2=O)cc1.Cl. The van der Waals surface area contributed by atoms with Crippen molar-refractivity contribution >= 4 is 24.2 Å². The maximum atomic E-state index is 12.6. The van der Waals surface area contributed by atoms with Crippen LogP contribution in [0.1, 0.15) is 31.2 Å². The first-order valence-electron chi connectivity index (χ1n) is 9.04. The summed E-state index contributed by atoms with van der Waals surface area (Å²) in [4.78, 5) is 26.9. The second-order valence-corrected chi connectivity index (χ2v) is 6.99. The molecule has 26 heavy (non-hydrogen) atoms. The topological polar surface area (TPSA) is 84.7 Å². The smallest absolute Gasteiger partial charge is 0.245 e. The number of nitrogens with one attached hydrogen (secondary N) is 1. The second-order valence-electron chi connectivity index (χ2n) is 6.99. The van der Waals surface area contributed by atoms with Crippen LogP contribution in [0.3, 0.4) is 0 Å². The van der Waals surface area contributed by atoms with Crippen LogP contribution in [0.15, 0.2) is 24.3 Å². The second kappa shape index (κ2) is 9.24. The summed E-state index contributed by atoms with van der Waals surface area (Å²) >= 11 is 0. The lowest BCUT2D eigenvalue weighted by Crippen LogP contribution is -2.45. The average Bonchev–Trinajstić information content (AvgIpc) is 3.24. The number of carbonyl (C=O) groups is 2. The number of likely N-dealkylation sites (tertiary alicyclic amines) is 1. The van der Waals surface area contributed by atoms with Gasteiger partial charge in [-0.3, -0.25) is 9.59 Å². The highest BCUT2D eigenvalue weighted by atomic mass is 35.5. The van der Waals surface area contributed by atoms with E-state index < -0.39 is 6.04 Å². The lowest BCUT2D eigenvalue weighted by atomic mass is 9.95. The van der Waals surface area contributed by atoms with Crippen LogP contribution in [-0.2, 0) is 16.1 Å². The van der Waals surface area contributed by atoms with Gasteiger partial charge in [0.05, 0.1) is 7.11 Å². The summed E-state index contributed by atoms with van der Waals surface area (Å²) in [6, 6.07) is 7.31. The first kappa shape index (κ1) is 20.5. The molecule has 3 atom stereocenters. The van der Waals surface area contributed by atoms with Crippen molar-refractivity contribution in [2.75, 3.05) is 20.2 Å². The van der Waals surface area contributed by atoms with Crippen LogP contribution in [0, 0.1) is 11.8 Å². The first-order valence-corrected chi connectivity index (χ1v) is 9.04. The van der Waals surface area contributed by atoms with E-state index in [1.165, 1.54) is 0 Å². The van der Waals surface area contributed by atoms with Gasteiger partial charge in [-0.15, -0.1) is 12.4 Å². The molecule has 1 saturated heterocycles. The molecule has 1 aromatic carbocycles. The van der Waals surface area contributed by atoms with Crippen molar-refractivity contribution in [2.45, 2.75) is 38.3 Å². The van der Waals surface area contributed by atoms with Gasteiger partial charge in [0, 0.05) is 19.0 Å². The van der Waals surface area contributed by atoms with Crippen LogP contribution in [-0.4, -0.2) is 43.0 Å². The van der Waals surface area contributed by atoms with Gasteiger partial charge >= 0.3 is 0 Å². The Morgan fingerprint density at radius 2 is 2.00 bits per heavy atom. The number of amides is 2.